The second-order valence-electron chi connectivity index (χ2n) is 4.78. The van der Waals surface area contributed by atoms with Gasteiger partial charge in [0.1, 0.15) is 0 Å². The van der Waals surface area contributed by atoms with Crippen LogP contribution >= 0.6 is 0 Å². The fraction of sp³-hybridized carbons (Fsp3) is 0.467. The lowest BCUT2D eigenvalue weighted by Gasteiger charge is -2.08. The van der Waals surface area contributed by atoms with Gasteiger partial charge in [-0.05, 0) is 12.0 Å². The Kier molecular flexibility index (Phi) is 6.64. The van der Waals surface area contributed by atoms with Crippen LogP contribution in [0.5, 0.6) is 0 Å². The molecule has 1 aromatic rings. The van der Waals surface area contributed by atoms with Crippen LogP contribution in [0.25, 0.3) is 0 Å². The van der Waals surface area contributed by atoms with E-state index < -0.39 is 0 Å². The van der Waals surface area contributed by atoms with Crippen molar-refractivity contribution in [3.8, 4) is 0 Å². The topological polar surface area (TPSA) is 58.2 Å². The smallest absolute Gasteiger partial charge is 0.222 e. The van der Waals surface area contributed by atoms with Gasteiger partial charge >= 0.3 is 0 Å². The molecule has 0 bridgehead atoms. The van der Waals surface area contributed by atoms with E-state index in [-0.39, 0.29) is 17.7 Å². The SMILES string of the molecule is CC(C)C(=O)NCCC(=O)NCCc1ccccc1. The molecule has 0 unspecified atom stereocenters. The standard InChI is InChI=1S/C15H22N2O2/c1-12(2)15(19)17-11-9-14(18)16-10-8-13-6-4-3-5-7-13/h3-7,12H,8-11H2,1-2H3,(H,16,18)(H,17,19). The molecule has 0 heterocycles. The van der Waals surface area contributed by atoms with Crippen molar-refractivity contribution < 1.29 is 9.59 Å². The third-order valence-electron chi connectivity index (χ3n) is 2.75. The number of amides is 2. The first kappa shape index (κ1) is 15.2. The van der Waals surface area contributed by atoms with Gasteiger partial charge in [-0.3, -0.25) is 9.59 Å². The summed E-state index contributed by atoms with van der Waals surface area (Å²) in [6.07, 6.45) is 1.15. The minimum absolute atomic E-state index is 0.0166. The van der Waals surface area contributed by atoms with E-state index in [9.17, 15) is 9.59 Å². The Morgan fingerprint density at radius 3 is 2.37 bits per heavy atom. The van der Waals surface area contributed by atoms with Gasteiger partial charge in [-0.25, -0.2) is 0 Å². The second-order valence-corrected chi connectivity index (χ2v) is 4.78. The third kappa shape index (κ3) is 6.60. The van der Waals surface area contributed by atoms with Crippen molar-refractivity contribution in [2.75, 3.05) is 13.1 Å². The Hall–Kier alpha value is -1.84. The van der Waals surface area contributed by atoms with Gasteiger partial charge in [0.15, 0.2) is 0 Å². The molecule has 19 heavy (non-hydrogen) atoms. The first-order valence-electron chi connectivity index (χ1n) is 6.68. The highest BCUT2D eigenvalue weighted by atomic mass is 16.2. The van der Waals surface area contributed by atoms with Gasteiger partial charge in [0.05, 0.1) is 0 Å². The molecule has 0 radical (unpaired) electrons. The minimum Gasteiger partial charge on any atom is -0.356 e. The Bertz CT molecular complexity index is 402. The largest absolute Gasteiger partial charge is 0.356 e. The molecule has 1 aromatic carbocycles. The Labute approximate surface area is 114 Å². The highest BCUT2D eigenvalue weighted by molar-refractivity contribution is 5.79. The van der Waals surface area contributed by atoms with Crippen LogP contribution < -0.4 is 10.6 Å². The summed E-state index contributed by atoms with van der Waals surface area (Å²) in [4.78, 5) is 22.8. The molecule has 0 saturated heterocycles. The molecule has 0 atom stereocenters. The molecule has 2 amide bonds. The Morgan fingerprint density at radius 1 is 1.05 bits per heavy atom. The van der Waals surface area contributed by atoms with Gasteiger partial charge in [-0.1, -0.05) is 44.2 Å². The highest BCUT2D eigenvalue weighted by Gasteiger charge is 2.06. The van der Waals surface area contributed by atoms with Crippen molar-refractivity contribution in [2.24, 2.45) is 5.92 Å². The normalized spacial score (nSPS) is 10.3. The fourth-order valence-corrected chi connectivity index (χ4v) is 1.58. The molecule has 0 aliphatic rings. The van der Waals surface area contributed by atoms with Crippen molar-refractivity contribution in [3.63, 3.8) is 0 Å². The molecule has 4 heteroatoms. The van der Waals surface area contributed by atoms with Crippen molar-refractivity contribution in [1.82, 2.24) is 10.6 Å². The van der Waals surface area contributed by atoms with Crippen LogP contribution in [0.4, 0.5) is 0 Å². The van der Waals surface area contributed by atoms with E-state index in [1.54, 1.807) is 0 Å². The Balaban J connectivity index is 2.10. The summed E-state index contributed by atoms with van der Waals surface area (Å²) in [7, 11) is 0. The van der Waals surface area contributed by atoms with Gasteiger partial charge in [0.2, 0.25) is 11.8 Å². The maximum absolute atomic E-state index is 11.5. The van der Waals surface area contributed by atoms with Crippen molar-refractivity contribution >= 4 is 11.8 Å². The van der Waals surface area contributed by atoms with Crippen molar-refractivity contribution in [1.29, 1.82) is 0 Å². The lowest BCUT2D eigenvalue weighted by molar-refractivity contribution is -0.124. The zero-order chi connectivity index (χ0) is 14.1. The summed E-state index contributed by atoms with van der Waals surface area (Å²) in [6.45, 7) is 4.68. The number of hydrogen-bond donors (Lipinski definition) is 2. The van der Waals surface area contributed by atoms with E-state index >= 15 is 0 Å². The number of hydrogen-bond acceptors (Lipinski definition) is 2. The molecule has 2 N–H and O–H groups in total. The summed E-state index contributed by atoms with van der Waals surface area (Å²) >= 11 is 0. The summed E-state index contributed by atoms with van der Waals surface area (Å²) < 4.78 is 0. The van der Waals surface area contributed by atoms with Crippen LogP contribution in [0, 0.1) is 5.92 Å². The van der Waals surface area contributed by atoms with E-state index in [4.69, 9.17) is 0 Å². The van der Waals surface area contributed by atoms with Crippen LogP contribution in [0.2, 0.25) is 0 Å². The molecule has 0 saturated carbocycles. The zero-order valence-corrected chi connectivity index (χ0v) is 11.6. The molecule has 0 aliphatic heterocycles. The van der Waals surface area contributed by atoms with Gasteiger partial charge in [0.25, 0.3) is 0 Å². The van der Waals surface area contributed by atoms with Crippen molar-refractivity contribution in [2.45, 2.75) is 26.7 Å². The van der Waals surface area contributed by atoms with Gasteiger partial charge in [-0.15, -0.1) is 0 Å². The first-order chi connectivity index (χ1) is 9.09. The molecular weight excluding hydrogens is 240 g/mol. The van der Waals surface area contributed by atoms with Gasteiger partial charge in [0, 0.05) is 25.4 Å². The summed E-state index contributed by atoms with van der Waals surface area (Å²) in [5.41, 5.74) is 1.20. The zero-order valence-electron chi connectivity index (χ0n) is 11.6. The van der Waals surface area contributed by atoms with E-state index in [0.717, 1.165) is 6.42 Å². The third-order valence-corrected chi connectivity index (χ3v) is 2.75. The number of rotatable bonds is 7. The summed E-state index contributed by atoms with van der Waals surface area (Å²) in [5, 5.41) is 5.57. The second kappa shape index (κ2) is 8.29. The van der Waals surface area contributed by atoms with Crippen LogP contribution in [-0.2, 0) is 16.0 Å². The van der Waals surface area contributed by atoms with E-state index in [1.165, 1.54) is 5.56 Å². The van der Waals surface area contributed by atoms with Crippen LogP contribution in [0.3, 0.4) is 0 Å². The predicted molar refractivity (Wildman–Crippen MR) is 75.6 cm³/mol. The number of carbonyl (C=O) groups excluding carboxylic acids is 2. The molecule has 1 rings (SSSR count). The number of nitrogens with one attached hydrogen (secondary N) is 2. The lowest BCUT2D eigenvalue weighted by atomic mass is 10.1. The first-order valence-corrected chi connectivity index (χ1v) is 6.68. The van der Waals surface area contributed by atoms with Gasteiger partial charge < -0.3 is 10.6 Å². The predicted octanol–water partition coefficient (Wildman–Crippen LogP) is 1.51. The minimum atomic E-state index is -0.0406. The van der Waals surface area contributed by atoms with Gasteiger partial charge in [-0.2, -0.15) is 0 Å². The molecule has 0 aliphatic carbocycles. The summed E-state index contributed by atoms with van der Waals surface area (Å²) in [6, 6.07) is 10.0. The molecule has 0 fully saturated rings. The monoisotopic (exact) mass is 262 g/mol. The maximum atomic E-state index is 11.5. The lowest BCUT2D eigenvalue weighted by Crippen LogP contribution is -2.33. The van der Waals surface area contributed by atoms with Crippen LogP contribution in [0.1, 0.15) is 25.8 Å². The molecule has 0 spiro atoms. The average Bonchev–Trinajstić information content (AvgIpc) is 2.39. The fourth-order valence-electron chi connectivity index (χ4n) is 1.58. The summed E-state index contributed by atoms with van der Waals surface area (Å²) in [5.74, 6) is -0.0850. The molecular formula is C15H22N2O2. The van der Waals surface area contributed by atoms with Crippen molar-refractivity contribution in [3.05, 3.63) is 35.9 Å². The average molecular weight is 262 g/mol. The molecule has 104 valence electrons. The number of carbonyl (C=O) groups is 2. The maximum Gasteiger partial charge on any atom is 0.222 e. The van der Waals surface area contributed by atoms with E-state index in [1.807, 2.05) is 44.2 Å². The Morgan fingerprint density at radius 2 is 1.74 bits per heavy atom. The van der Waals surface area contributed by atoms with Crippen LogP contribution in [-0.4, -0.2) is 24.9 Å². The highest BCUT2D eigenvalue weighted by Crippen LogP contribution is 1.98. The molecule has 0 aromatic heterocycles. The molecule has 4 nitrogen and oxygen atoms in total. The number of benzene rings is 1. The van der Waals surface area contributed by atoms with E-state index in [2.05, 4.69) is 10.6 Å². The van der Waals surface area contributed by atoms with E-state index in [0.29, 0.717) is 19.5 Å². The quantitative estimate of drug-likeness (QED) is 0.782. The van der Waals surface area contributed by atoms with Crippen LogP contribution in [0.15, 0.2) is 30.3 Å².